The molecule has 30 heavy (non-hydrogen) atoms. The largest absolute Gasteiger partial charge is 0.465 e. The van der Waals surface area contributed by atoms with Gasteiger partial charge >= 0.3 is 6.09 Å². The van der Waals surface area contributed by atoms with E-state index in [0.717, 1.165) is 16.5 Å². The number of aromatic amines is 1. The van der Waals surface area contributed by atoms with E-state index in [9.17, 15) is 14.7 Å². The summed E-state index contributed by atoms with van der Waals surface area (Å²) in [5, 5.41) is 19.0. The quantitative estimate of drug-likeness (QED) is 0.358. The molecule has 0 aliphatic carbocycles. The summed E-state index contributed by atoms with van der Waals surface area (Å²) < 4.78 is 1.22. The third-order valence-corrected chi connectivity index (χ3v) is 6.36. The highest BCUT2D eigenvalue weighted by molar-refractivity contribution is 7.17. The van der Waals surface area contributed by atoms with E-state index in [0.29, 0.717) is 13.0 Å². The molecule has 0 saturated carbocycles. The Morgan fingerprint density at radius 1 is 1.07 bits per heavy atom. The number of hydrogen-bond acceptors (Lipinski definition) is 3. The Kier molecular flexibility index (Phi) is 5.46. The van der Waals surface area contributed by atoms with Crippen molar-refractivity contribution >= 4 is 44.3 Å². The molecule has 2 aromatic carbocycles. The average molecular weight is 422 g/mol. The molecule has 4 aromatic rings. The second-order valence-electron chi connectivity index (χ2n) is 7.56. The fourth-order valence-electron chi connectivity index (χ4n) is 3.81. The summed E-state index contributed by atoms with van der Waals surface area (Å²) in [5.74, 6) is -0.338. The maximum absolute atomic E-state index is 13.0. The van der Waals surface area contributed by atoms with Gasteiger partial charge in [0.15, 0.2) is 0 Å². The van der Waals surface area contributed by atoms with Crippen molar-refractivity contribution in [1.82, 2.24) is 15.6 Å². The van der Waals surface area contributed by atoms with Crippen LogP contribution in [0, 0.1) is 0 Å². The zero-order valence-electron chi connectivity index (χ0n) is 16.6. The van der Waals surface area contributed by atoms with Gasteiger partial charge in [-0.1, -0.05) is 36.4 Å². The minimum Gasteiger partial charge on any atom is -0.465 e. The van der Waals surface area contributed by atoms with Gasteiger partial charge in [-0.3, -0.25) is 4.79 Å². The molecule has 2 heterocycles. The van der Waals surface area contributed by atoms with Crippen LogP contribution in [0.4, 0.5) is 4.79 Å². The summed E-state index contributed by atoms with van der Waals surface area (Å²) in [6.45, 7) is 2.06. The molecule has 0 bridgehead atoms. The molecule has 0 saturated heterocycles. The predicted molar refractivity (Wildman–Crippen MR) is 120 cm³/mol. The van der Waals surface area contributed by atoms with Gasteiger partial charge in [0.2, 0.25) is 5.91 Å². The number of fused-ring (bicyclic) bond motifs is 2. The number of rotatable bonds is 7. The van der Waals surface area contributed by atoms with Crippen molar-refractivity contribution < 1.29 is 14.7 Å². The first-order valence-electron chi connectivity index (χ1n) is 9.76. The SMILES string of the molecule is CC(Cc1c[nH]c2ccccc12)(NC(=O)O)C(=O)NCCc1csc2ccccc12. The Bertz CT molecular complexity index is 1210. The molecule has 1 unspecified atom stereocenters. The summed E-state index contributed by atoms with van der Waals surface area (Å²) in [7, 11) is 0. The van der Waals surface area contributed by atoms with Crippen molar-refractivity contribution in [3.8, 4) is 0 Å². The van der Waals surface area contributed by atoms with E-state index in [2.05, 4.69) is 33.1 Å². The number of H-pyrrole nitrogens is 1. The summed E-state index contributed by atoms with van der Waals surface area (Å²) >= 11 is 1.68. The molecule has 0 spiro atoms. The molecular weight excluding hydrogens is 398 g/mol. The van der Waals surface area contributed by atoms with Gasteiger partial charge in [0.05, 0.1) is 0 Å². The van der Waals surface area contributed by atoms with Crippen LogP contribution < -0.4 is 10.6 Å². The highest BCUT2D eigenvalue weighted by Crippen LogP contribution is 2.26. The lowest BCUT2D eigenvalue weighted by molar-refractivity contribution is -0.126. The van der Waals surface area contributed by atoms with E-state index < -0.39 is 11.6 Å². The van der Waals surface area contributed by atoms with E-state index >= 15 is 0 Å². The molecule has 0 fully saturated rings. The molecule has 0 aliphatic heterocycles. The number of nitrogens with one attached hydrogen (secondary N) is 3. The zero-order valence-corrected chi connectivity index (χ0v) is 17.4. The smallest absolute Gasteiger partial charge is 0.405 e. The number of benzene rings is 2. The van der Waals surface area contributed by atoms with Crippen LogP contribution in [0.2, 0.25) is 0 Å². The van der Waals surface area contributed by atoms with Gasteiger partial charge in [-0.05, 0) is 47.4 Å². The maximum atomic E-state index is 13.0. The van der Waals surface area contributed by atoms with Crippen LogP contribution in [0.15, 0.2) is 60.1 Å². The van der Waals surface area contributed by atoms with Gasteiger partial charge in [0, 0.05) is 34.8 Å². The number of para-hydroxylation sites is 1. The van der Waals surface area contributed by atoms with Gasteiger partial charge in [-0.2, -0.15) is 0 Å². The summed E-state index contributed by atoms with van der Waals surface area (Å²) in [6, 6.07) is 15.9. The van der Waals surface area contributed by atoms with E-state index in [1.54, 1.807) is 18.3 Å². The van der Waals surface area contributed by atoms with Crippen molar-refractivity contribution in [3.05, 3.63) is 71.2 Å². The highest BCUT2D eigenvalue weighted by Gasteiger charge is 2.35. The Labute approximate surface area is 177 Å². The van der Waals surface area contributed by atoms with Gasteiger partial charge in [-0.25, -0.2) is 4.79 Å². The first kappa shape index (κ1) is 20.0. The fraction of sp³-hybridized carbons (Fsp3) is 0.217. The molecule has 6 nitrogen and oxygen atoms in total. The molecule has 154 valence electrons. The molecule has 0 radical (unpaired) electrons. The Morgan fingerprint density at radius 2 is 1.80 bits per heavy atom. The van der Waals surface area contributed by atoms with Crippen LogP contribution in [-0.4, -0.2) is 34.2 Å². The van der Waals surface area contributed by atoms with Crippen LogP contribution >= 0.6 is 11.3 Å². The normalized spacial score (nSPS) is 13.2. The molecule has 2 aromatic heterocycles. The number of carbonyl (C=O) groups is 2. The number of thiophene rings is 1. The van der Waals surface area contributed by atoms with Crippen molar-refractivity contribution in [2.45, 2.75) is 25.3 Å². The number of carboxylic acid groups (broad SMARTS) is 1. The topological polar surface area (TPSA) is 94.2 Å². The second kappa shape index (κ2) is 8.20. The first-order valence-corrected chi connectivity index (χ1v) is 10.6. The molecule has 1 atom stereocenters. The maximum Gasteiger partial charge on any atom is 0.405 e. The second-order valence-corrected chi connectivity index (χ2v) is 8.47. The van der Waals surface area contributed by atoms with Crippen molar-refractivity contribution in [3.63, 3.8) is 0 Å². The first-order chi connectivity index (χ1) is 14.5. The molecule has 7 heteroatoms. The lowest BCUT2D eigenvalue weighted by atomic mass is 9.91. The molecule has 4 rings (SSSR count). The monoisotopic (exact) mass is 421 g/mol. The number of aromatic nitrogens is 1. The average Bonchev–Trinajstić information content (AvgIpc) is 3.32. The van der Waals surface area contributed by atoms with Gasteiger partial charge in [-0.15, -0.1) is 11.3 Å². The third kappa shape index (κ3) is 4.02. The minimum absolute atomic E-state index is 0.247. The minimum atomic E-state index is -1.28. The van der Waals surface area contributed by atoms with Gasteiger partial charge in [0.1, 0.15) is 5.54 Å². The van der Waals surface area contributed by atoms with Crippen LogP contribution in [-0.2, 0) is 17.6 Å². The summed E-state index contributed by atoms with van der Waals surface area (Å²) in [4.78, 5) is 27.6. The van der Waals surface area contributed by atoms with Crippen LogP contribution in [0.5, 0.6) is 0 Å². The van der Waals surface area contributed by atoms with Gasteiger partial charge in [0.25, 0.3) is 0 Å². The van der Waals surface area contributed by atoms with E-state index in [1.807, 2.05) is 42.6 Å². The van der Waals surface area contributed by atoms with Gasteiger partial charge < -0.3 is 20.7 Å². The lowest BCUT2D eigenvalue weighted by Gasteiger charge is -2.28. The van der Waals surface area contributed by atoms with Crippen molar-refractivity contribution in [1.29, 1.82) is 0 Å². The van der Waals surface area contributed by atoms with Crippen molar-refractivity contribution in [2.24, 2.45) is 0 Å². The van der Waals surface area contributed by atoms with Crippen LogP contribution in [0.3, 0.4) is 0 Å². The Morgan fingerprint density at radius 3 is 2.60 bits per heavy atom. The molecule has 4 N–H and O–H groups in total. The molecule has 2 amide bonds. The van der Waals surface area contributed by atoms with Crippen molar-refractivity contribution in [2.75, 3.05) is 6.54 Å². The standard InChI is InChI=1S/C23H23N3O3S/c1-23(26-22(28)29,12-16-13-25-19-8-4-2-6-17(16)19)21(27)24-11-10-15-14-30-20-9-5-3-7-18(15)20/h2-9,13-14,25-26H,10-12H2,1H3,(H,24,27)(H,28,29). The summed E-state index contributed by atoms with van der Waals surface area (Å²) in [5.41, 5.74) is 1.74. The number of hydrogen-bond donors (Lipinski definition) is 4. The van der Waals surface area contributed by atoms with E-state index in [-0.39, 0.29) is 12.3 Å². The highest BCUT2D eigenvalue weighted by atomic mass is 32.1. The predicted octanol–water partition coefficient (Wildman–Crippen LogP) is 4.31. The molecular formula is C23H23N3O3S. The summed E-state index contributed by atoms with van der Waals surface area (Å²) in [6.07, 6.45) is 1.54. The molecule has 0 aliphatic rings. The fourth-order valence-corrected chi connectivity index (χ4v) is 4.81. The zero-order chi connectivity index (χ0) is 21.1. The van der Waals surface area contributed by atoms with E-state index in [4.69, 9.17) is 0 Å². The lowest BCUT2D eigenvalue weighted by Crippen LogP contribution is -2.58. The number of amides is 2. The number of carbonyl (C=O) groups excluding carboxylic acids is 1. The van der Waals surface area contributed by atoms with Crippen LogP contribution in [0.25, 0.3) is 21.0 Å². The Hall–Kier alpha value is -3.32. The Balaban J connectivity index is 1.48. The van der Waals surface area contributed by atoms with Crippen LogP contribution in [0.1, 0.15) is 18.1 Å². The third-order valence-electron chi connectivity index (χ3n) is 5.34. The van der Waals surface area contributed by atoms with E-state index in [1.165, 1.54) is 15.6 Å².